The van der Waals surface area contributed by atoms with Crippen LogP contribution in [-0.2, 0) is 19.5 Å². The fourth-order valence-electron chi connectivity index (χ4n) is 2.55. The van der Waals surface area contributed by atoms with E-state index in [-0.39, 0.29) is 17.9 Å². The van der Waals surface area contributed by atoms with Crippen LogP contribution in [0.2, 0.25) is 0 Å². The molecule has 0 saturated heterocycles. The second kappa shape index (κ2) is 7.61. The van der Waals surface area contributed by atoms with Crippen LogP contribution in [0.25, 0.3) is 0 Å². The number of aromatic hydroxyl groups is 1. The van der Waals surface area contributed by atoms with Crippen molar-refractivity contribution in [1.29, 1.82) is 0 Å². The van der Waals surface area contributed by atoms with Gasteiger partial charge in [0.25, 0.3) is 5.91 Å². The molecular weight excluding hydrogens is 321 g/mol. The van der Waals surface area contributed by atoms with E-state index in [4.69, 9.17) is 0 Å². The van der Waals surface area contributed by atoms with Crippen LogP contribution in [0.1, 0.15) is 21.7 Å². The van der Waals surface area contributed by atoms with Crippen LogP contribution < -0.4 is 5.32 Å². The zero-order valence-electron chi connectivity index (χ0n) is 13.5. The van der Waals surface area contributed by atoms with Gasteiger partial charge in [-0.05, 0) is 24.1 Å². The van der Waals surface area contributed by atoms with Gasteiger partial charge in [-0.15, -0.1) is 0 Å². The fraction of sp³-hybridized carbons (Fsp3) is 0.158. The van der Waals surface area contributed by atoms with Crippen LogP contribution in [0, 0.1) is 5.82 Å². The molecule has 0 saturated carbocycles. The van der Waals surface area contributed by atoms with Crippen LogP contribution >= 0.6 is 0 Å². The Hall–Kier alpha value is -3.15. The van der Waals surface area contributed by atoms with E-state index in [1.54, 1.807) is 6.20 Å². The fourth-order valence-corrected chi connectivity index (χ4v) is 2.55. The number of aromatic nitrogens is 2. The molecule has 0 unspecified atom stereocenters. The topological polar surface area (TPSA) is 67.2 Å². The van der Waals surface area contributed by atoms with Crippen molar-refractivity contribution in [3.63, 3.8) is 0 Å². The standard InChI is InChI=1S/C19H18FN3O2/c20-17-12-15(24)6-7-16(17)19(25)22-13-18-21-9-11-23(18)10-8-14-4-2-1-3-5-14/h1-7,9,11-12,24H,8,10,13H2,(H,22,25). The number of phenolic OH excluding ortho intramolecular Hbond substituents is 1. The lowest BCUT2D eigenvalue weighted by molar-refractivity contribution is 0.0945. The highest BCUT2D eigenvalue weighted by molar-refractivity contribution is 5.94. The monoisotopic (exact) mass is 339 g/mol. The Labute approximate surface area is 144 Å². The van der Waals surface area contributed by atoms with Gasteiger partial charge >= 0.3 is 0 Å². The quantitative estimate of drug-likeness (QED) is 0.726. The Morgan fingerprint density at radius 1 is 1.20 bits per heavy atom. The summed E-state index contributed by atoms with van der Waals surface area (Å²) in [5.74, 6) is -0.825. The molecule has 1 heterocycles. The highest BCUT2D eigenvalue weighted by atomic mass is 19.1. The van der Waals surface area contributed by atoms with Gasteiger partial charge in [0.05, 0.1) is 12.1 Å². The number of hydrogen-bond donors (Lipinski definition) is 2. The minimum atomic E-state index is -0.759. The number of nitrogens with zero attached hydrogens (tertiary/aromatic N) is 2. The predicted octanol–water partition coefficient (Wildman–Crippen LogP) is 2.90. The first kappa shape index (κ1) is 16.7. The summed E-state index contributed by atoms with van der Waals surface area (Å²) >= 11 is 0. The summed E-state index contributed by atoms with van der Waals surface area (Å²) in [5, 5.41) is 11.9. The summed E-state index contributed by atoms with van der Waals surface area (Å²) in [6.07, 6.45) is 4.38. The molecule has 128 valence electrons. The maximum absolute atomic E-state index is 13.7. The molecule has 3 aromatic rings. The average Bonchev–Trinajstić information content (AvgIpc) is 3.06. The number of benzene rings is 2. The first-order chi connectivity index (χ1) is 12.1. The molecule has 2 aromatic carbocycles. The van der Waals surface area contributed by atoms with Crippen LogP contribution in [0.3, 0.4) is 0 Å². The Kier molecular flexibility index (Phi) is 5.09. The number of rotatable bonds is 6. The number of amides is 1. The number of carbonyl (C=O) groups excluding carboxylic acids is 1. The van der Waals surface area contributed by atoms with Crippen molar-refractivity contribution in [3.8, 4) is 5.75 Å². The molecule has 1 aromatic heterocycles. The largest absolute Gasteiger partial charge is 0.508 e. The van der Waals surface area contributed by atoms with Crippen molar-refractivity contribution in [2.24, 2.45) is 0 Å². The third-order valence-electron chi connectivity index (χ3n) is 3.89. The smallest absolute Gasteiger partial charge is 0.254 e. The Morgan fingerprint density at radius 2 is 2.00 bits per heavy atom. The third kappa shape index (κ3) is 4.23. The Morgan fingerprint density at radius 3 is 2.76 bits per heavy atom. The van der Waals surface area contributed by atoms with Gasteiger partial charge < -0.3 is 15.0 Å². The molecule has 0 aliphatic rings. The molecule has 0 fully saturated rings. The van der Waals surface area contributed by atoms with Gasteiger partial charge in [0.1, 0.15) is 17.4 Å². The normalized spacial score (nSPS) is 10.6. The summed E-state index contributed by atoms with van der Waals surface area (Å²) in [7, 11) is 0. The summed E-state index contributed by atoms with van der Waals surface area (Å²) < 4.78 is 15.7. The van der Waals surface area contributed by atoms with Crippen molar-refractivity contribution in [2.45, 2.75) is 19.5 Å². The molecule has 25 heavy (non-hydrogen) atoms. The molecule has 0 bridgehead atoms. The number of hydrogen-bond acceptors (Lipinski definition) is 3. The molecular formula is C19H18FN3O2. The molecule has 1 amide bonds. The number of imidazole rings is 1. The van der Waals surface area contributed by atoms with E-state index < -0.39 is 11.7 Å². The molecule has 0 radical (unpaired) electrons. The van der Waals surface area contributed by atoms with E-state index in [0.29, 0.717) is 5.82 Å². The average molecular weight is 339 g/mol. The molecule has 0 aliphatic carbocycles. The molecule has 3 rings (SSSR count). The molecule has 0 spiro atoms. The van der Waals surface area contributed by atoms with E-state index in [0.717, 1.165) is 19.0 Å². The van der Waals surface area contributed by atoms with Crippen molar-refractivity contribution >= 4 is 5.91 Å². The van der Waals surface area contributed by atoms with Gasteiger partial charge in [0.15, 0.2) is 0 Å². The zero-order valence-corrected chi connectivity index (χ0v) is 13.5. The van der Waals surface area contributed by atoms with E-state index in [1.165, 1.54) is 17.7 Å². The molecule has 5 nitrogen and oxygen atoms in total. The highest BCUT2D eigenvalue weighted by Gasteiger charge is 2.13. The first-order valence-corrected chi connectivity index (χ1v) is 7.94. The minimum Gasteiger partial charge on any atom is -0.508 e. The number of carbonyl (C=O) groups is 1. The first-order valence-electron chi connectivity index (χ1n) is 7.94. The van der Waals surface area contributed by atoms with Crippen molar-refractivity contribution in [2.75, 3.05) is 0 Å². The lowest BCUT2D eigenvalue weighted by Gasteiger charge is -2.10. The number of halogens is 1. The van der Waals surface area contributed by atoms with Crippen molar-refractivity contribution < 1.29 is 14.3 Å². The van der Waals surface area contributed by atoms with E-state index in [2.05, 4.69) is 22.4 Å². The lowest BCUT2D eigenvalue weighted by Crippen LogP contribution is -2.25. The van der Waals surface area contributed by atoms with Crippen LogP contribution in [0.4, 0.5) is 4.39 Å². The maximum atomic E-state index is 13.7. The van der Waals surface area contributed by atoms with E-state index in [9.17, 15) is 14.3 Å². The summed E-state index contributed by atoms with van der Waals surface area (Å²) in [4.78, 5) is 16.3. The van der Waals surface area contributed by atoms with Gasteiger partial charge in [0.2, 0.25) is 0 Å². The van der Waals surface area contributed by atoms with Crippen molar-refractivity contribution in [1.82, 2.24) is 14.9 Å². The summed E-state index contributed by atoms with van der Waals surface area (Å²) in [6, 6.07) is 13.5. The molecule has 6 heteroatoms. The minimum absolute atomic E-state index is 0.111. The predicted molar refractivity (Wildman–Crippen MR) is 91.6 cm³/mol. The second-order valence-electron chi connectivity index (χ2n) is 5.62. The van der Waals surface area contributed by atoms with Gasteiger partial charge in [-0.25, -0.2) is 9.37 Å². The van der Waals surface area contributed by atoms with E-state index in [1.807, 2.05) is 29.0 Å². The zero-order chi connectivity index (χ0) is 17.6. The molecule has 2 N–H and O–H groups in total. The van der Waals surface area contributed by atoms with Gasteiger partial charge in [-0.3, -0.25) is 4.79 Å². The number of nitrogens with one attached hydrogen (secondary N) is 1. The van der Waals surface area contributed by atoms with Gasteiger partial charge in [0, 0.05) is 25.0 Å². The maximum Gasteiger partial charge on any atom is 0.254 e. The van der Waals surface area contributed by atoms with Crippen LogP contribution in [0.15, 0.2) is 60.9 Å². The molecule has 0 atom stereocenters. The van der Waals surface area contributed by atoms with Gasteiger partial charge in [-0.2, -0.15) is 0 Å². The third-order valence-corrected chi connectivity index (χ3v) is 3.89. The number of aryl methyl sites for hydroxylation is 2. The number of phenols is 1. The SMILES string of the molecule is O=C(NCc1nccn1CCc1ccccc1)c1ccc(O)cc1F. The highest BCUT2D eigenvalue weighted by Crippen LogP contribution is 2.15. The van der Waals surface area contributed by atoms with Gasteiger partial charge in [-0.1, -0.05) is 30.3 Å². The Balaban J connectivity index is 1.60. The van der Waals surface area contributed by atoms with Crippen molar-refractivity contribution in [3.05, 3.63) is 83.7 Å². The Bertz CT molecular complexity index is 862. The molecule has 0 aliphatic heterocycles. The second-order valence-corrected chi connectivity index (χ2v) is 5.62. The summed E-state index contributed by atoms with van der Waals surface area (Å²) in [6.45, 7) is 0.934. The lowest BCUT2D eigenvalue weighted by atomic mass is 10.1. The van der Waals surface area contributed by atoms with Crippen LogP contribution in [-0.4, -0.2) is 20.6 Å². The summed E-state index contributed by atoms with van der Waals surface area (Å²) in [5.41, 5.74) is 1.11. The van der Waals surface area contributed by atoms with Crippen LogP contribution in [0.5, 0.6) is 5.75 Å². The van der Waals surface area contributed by atoms with E-state index >= 15 is 0 Å².